The Bertz CT molecular complexity index is 587. The van der Waals surface area contributed by atoms with E-state index in [0.29, 0.717) is 11.3 Å². The summed E-state index contributed by atoms with van der Waals surface area (Å²) in [5, 5.41) is 22.5. The van der Waals surface area contributed by atoms with Gasteiger partial charge in [-0.1, -0.05) is 6.07 Å². The summed E-state index contributed by atoms with van der Waals surface area (Å²) < 4.78 is 1.44. The number of nitrogens with zero attached hydrogens (tertiary/aromatic N) is 2. The zero-order valence-corrected chi connectivity index (χ0v) is 9.51. The highest BCUT2D eigenvalue weighted by Crippen LogP contribution is 2.29. The number of phenols is 1. The van der Waals surface area contributed by atoms with Gasteiger partial charge in [-0.15, -0.1) is 0 Å². The number of carboxylic acid groups (broad SMARTS) is 1. The molecule has 2 rings (SSSR count). The van der Waals surface area contributed by atoms with E-state index in [-0.39, 0.29) is 11.4 Å². The van der Waals surface area contributed by atoms with Gasteiger partial charge in [0, 0.05) is 12.6 Å². The molecule has 2 aromatic rings. The Morgan fingerprint density at radius 3 is 2.59 bits per heavy atom. The van der Waals surface area contributed by atoms with Gasteiger partial charge in [-0.05, 0) is 30.7 Å². The number of rotatable bonds is 2. The fourth-order valence-corrected chi connectivity index (χ4v) is 1.68. The van der Waals surface area contributed by atoms with Crippen molar-refractivity contribution in [3.8, 4) is 17.0 Å². The summed E-state index contributed by atoms with van der Waals surface area (Å²) in [5.41, 5.74) is 2.03. The van der Waals surface area contributed by atoms with Gasteiger partial charge in [-0.3, -0.25) is 4.68 Å². The second-order valence-electron chi connectivity index (χ2n) is 3.86. The molecular formula is C12H12N2O3. The fraction of sp³-hybridized carbons (Fsp3) is 0.167. The molecule has 0 aliphatic heterocycles. The Balaban J connectivity index is 2.56. The maximum atomic E-state index is 10.8. The monoisotopic (exact) mass is 232 g/mol. The smallest absolute Gasteiger partial charge is 0.356 e. The molecule has 1 aromatic carbocycles. The summed E-state index contributed by atoms with van der Waals surface area (Å²) in [4.78, 5) is 10.8. The predicted molar refractivity (Wildman–Crippen MR) is 62.0 cm³/mol. The van der Waals surface area contributed by atoms with Crippen LogP contribution < -0.4 is 0 Å². The molecule has 0 aliphatic carbocycles. The molecule has 0 fully saturated rings. The van der Waals surface area contributed by atoms with Crippen LogP contribution in [0.2, 0.25) is 0 Å². The summed E-state index contributed by atoms with van der Waals surface area (Å²) in [5.74, 6) is -0.969. The highest BCUT2D eigenvalue weighted by Gasteiger charge is 2.14. The SMILES string of the molecule is Cc1ccc(-c2cc(C(=O)O)nn2C)c(O)c1. The zero-order valence-electron chi connectivity index (χ0n) is 9.51. The minimum absolute atomic E-state index is 0.0394. The maximum absolute atomic E-state index is 10.8. The molecule has 2 N–H and O–H groups in total. The average Bonchev–Trinajstić information content (AvgIpc) is 2.61. The van der Waals surface area contributed by atoms with E-state index in [1.807, 2.05) is 13.0 Å². The Hall–Kier alpha value is -2.30. The minimum atomic E-state index is -1.08. The second kappa shape index (κ2) is 3.93. The highest BCUT2D eigenvalue weighted by atomic mass is 16.4. The van der Waals surface area contributed by atoms with Crippen molar-refractivity contribution < 1.29 is 15.0 Å². The Labute approximate surface area is 97.9 Å². The number of carboxylic acids is 1. The van der Waals surface area contributed by atoms with Crippen LogP contribution in [0, 0.1) is 6.92 Å². The van der Waals surface area contributed by atoms with Crippen LogP contribution in [0.1, 0.15) is 16.1 Å². The van der Waals surface area contributed by atoms with E-state index in [4.69, 9.17) is 5.11 Å². The molecule has 0 atom stereocenters. The molecule has 0 spiro atoms. The lowest BCUT2D eigenvalue weighted by Crippen LogP contribution is -1.99. The Kier molecular flexibility index (Phi) is 2.59. The predicted octanol–water partition coefficient (Wildman–Crippen LogP) is 1.80. The van der Waals surface area contributed by atoms with Gasteiger partial charge >= 0.3 is 5.97 Å². The molecule has 17 heavy (non-hydrogen) atoms. The average molecular weight is 232 g/mol. The molecule has 0 bridgehead atoms. The highest BCUT2D eigenvalue weighted by molar-refractivity contribution is 5.87. The zero-order chi connectivity index (χ0) is 12.6. The van der Waals surface area contributed by atoms with Gasteiger partial charge in [0.15, 0.2) is 5.69 Å². The van der Waals surface area contributed by atoms with Gasteiger partial charge in [0.2, 0.25) is 0 Å². The third-order valence-corrected chi connectivity index (χ3v) is 2.53. The molecule has 0 radical (unpaired) electrons. The lowest BCUT2D eigenvalue weighted by Gasteiger charge is -2.05. The van der Waals surface area contributed by atoms with Crippen molar-refractivity contribution in [1.29, 1.82) is 0 Å². The van der Waals surface area contributed by atoms with Gasteiger partial charge in [0.05, 0.1) is 5.69 Å². The third-order valence-electron chi connectivity index (χ3n) is 2.53. The first-order valence-corrected chi connectivity index (χ1v) is 5.06. The van der Waals surface area contributed by atoms with E-state index in [9.17, 15) is 9.90 Å². The number of hydrogen-bond acceptors (Lipinski definition) is 3. The molecule has 88 valence electrons. The van der Waals surface area contributed by atoms with Gasteiger partial charge in [0.1, 0.15) is 5.75 Å². The third kappa shape index (κ3) is 1.99. The first-order valence-electron chi connectivity index (χ1n) is 5.06. The van der Waals surface area contributed by atoms with Crippen molar-refractivity contribution in [2.45, 2.75) is 6.92 Å². The van der Waals surface area contributed by atoms with E-state index in [1.165, 1.54) is 10.7 Å². The van der Waals surface area contributed by atoms with Crippen molar-refractivity contribution in [3.63, 3.8) is 0 Å². The van der Waals surface area contributed by atoms with E-state index < -0.39 is 5.97 Å². The summed E-state index contributed by atoms with van der Waals surface area (Å²) in [6.45, 7) is 1.87. The number of benzene rings is 1. The first kappa shape index (κ1) is 11.2. The molecule has 5 heteroatoms. The second-order valence-corrected chi connectivity index (χ2v) is 3.86. The Morgan fingerprint density at radius 2 is 2.06 bits per heavy atom. The van der Waals surface area contributed by atoms with Crippen molar-refractivity contribution in [3.05, 3.63) is 35.5 Å². The van der Waals surface area contributed by atoms with E-state index in [2.05, 4.69) is 5.10 Å². The number of carbonyl (C=O) groups is 1. The topological polar surface area (TPSA) is 75.3 Å². The lowest BCUT2D eigenvalue weighted by atomic mass is 10.1. The van der Waals surface area contributed by atoms with Crippen molar-refractivity contribution in [2.75, 3.05) is 0 Å². The molecule has 1 heterocycles. The molecular weight excluding hydrogens is 220 g/mol. The summed E-state index contributed by atoms with van der Waals surface area (Å²) >= 11 is 0. The minimum Gasteiger partial charge on any atom is -0.507 e. The Morgan fingerprint density at radius 1 is 1.35 bits per heavy atom. The van der Waals surface area contributed by atoms with Crippen LogP contribution in [0.4, 0.5) is 0 Å². The van der Waals surface area contributed by atoms with Crippen LogP contribution >= 0.6 is 0 Å². The van der Waals surface area contributed by atoms with E-state index >= 15 is 0 Å². The molecule has 0 amide bonds. The van der Waals surface area contributed by atoms with Crippen LogP contribution in [0.5, 0.6) is 5.75 Å². The van der Waals surface area contributed by atoms with Crippen LogP contribution in [0.25, 0.3) is 11.3 Å². The number of aryl methyl sites for hydroxylation is 2. The van der Waals surface area contributed by atoms with Gasteiger partial charge < -0.3 is 10.2 Å². The van der Waals surface area contributed by atoms with Crippen LogP contribution in [-0.2, 0) is 7.05 Å². The summed E-state index contributed by atoms with van der Waals surface area (Å²) in [6, 6.07) is 6.66. The van der Waals surface area contributed by atoms with Crippen LogP contribution in [0.15, 0.2) is 24.3 Å². The molecule has 0 saturated heterocycles. The fourth-order valence-electron chi connectivity index (χ4n) is 1.68. The molecule has 0 saturated carbocycles. The van der Waals surface area contributed by atoms with Crippen LogP contribution in [-0.4, -0.2) is 26.0 Å². The standard InChI is InChI=1S/C12H12N2O3/c1-7-3-4-8(11(15)5-7)10-6-9(12(16)17)13-14(10)2/h3-6,15H,1-2H3,(H,16,17). The maximum Gasteiger partial charge on any atom is 0.356 e. The molecule has 1 aromatic heterocycles. The lowest BCUT2D eigenvalue weighted by molar-refractivity contribution is 0.0689. The number of aromatic nitrogens is 2. The van der Waals surface area contributed by atoms with Crippen molar-refractivity contribution in [2.24, 2.45) is 7.05 Å². The van der Waals surface area contributed by atoms with Gasteiger partial charge in [-0.2, -0.15) is 5.10 Å². The normalized spacial score (nSPS) is 10.5. The first-order chi connectivity index (χ1) is 7.99. The summed E-state index contributed by atoms with van der Waals surface area (Å²) in [6.07, 6.45) is 0. The number of aromatic carboxylic acids is 1. The number of aromatic hydroxyl groups is 1. The van der Waals surface area contributed by atoms with Gasteiger partial charge in [-0.25, -0.2) is 4.79 Å². The van der Waals surface area contributed by atoms with Crippen molar-refractivity contribution in [1.82, 2.24) is 9.78 Å². The summed E-state index contributed by atoms with van der Waals surface area (Å²) in [7, 11) is 1.64. The number of phenolic OH excluding ortho intramolecular Hbond substituents is 1. The van der Waals surface area contributed by atoms with E-state index in [1.54, 1.807) is 19.2 Å². The van der Waals surface area contributed by atoms with Crippen LogP contribution in [0.3, 0.4) is 0 Å². The quantitative estimate of drug-likeness (QED) is 0.827. The molecule has 0 unspecified atom stereocenters. The van der Waals surface area contributed by atoms with Crippen molar-refractivity contribution >= 4 is 5.97 Å². The van der Waals surface area contributed by atoms with Gasteiger partial charge in [0.25, 0.3) is 0 Å². The molecule has 0 aliphatic rings. The number of hydrogen-bond donors (Lipinski definition) is 2. The van der Waals surface area contributed by atoms with E-state index in [0.717, 1.165) is 5.56 Å². The molecule has 5 nitrogen and oxygen atoms in total. The largest absolute Gasteiger partial charge is 0.507 e.